The summed E-state index contributed by atoms with van der Waals surface area (Å²) in [6.07, 6.45) is 0. The lowest BCUT2D eigenvalue weighted by atomic mass is 9.87. The molecule has 0 aliphatic heterocycles. The number of hydrogen-bond acceptors (Lipinski definition) is 3. The van der Waals surface area contributed by atoms with E-state index in [-0.39, 0.29) is 17.9 Å². The van der Waals surface area contributed by atoms with E-state index in [2.05, 4.69) is 26.1 Å². The van der Waals surface area contributed by atoms with Gasteiger partial charge >= 0.3 is 5.97 Å². The van der Waals surface area contributed by atoms with Crippen molar-refractivity contribution >= 4 is 11.9 Å². The van der Waals surface area contributed by atoms with Gasteiger partial charge in [0.1, 0.15) is 0 Å². The fraction of sp³-hybridized carbons (Fsp3) is 0.333. The molecule has 0 aromatic heterocycles. The van der Waals surface area contributed by atoms with E-state index in [1.807, 2.05) is 43.3 Å². The molecule has 0 aliphatic rings. The third kappa shape index (κ3) is 5.75. The molecule has 2 rings (SSSR count). The number of aryl methyl sites for hydroxylation is 1. The van der Waals surface area contributed by atoms with Gasteiger partial charge in [-0.2, -0.15) is 0 Å². The Balaban J connectivity index is 1.82. The van der Waals surface area contributed by atoms with Gasteiger partial charge in [0.2, 0.25) is 0 Å². The molecule has 2 aromatic carbocycles. The van der Waals surface area contributed by atoms with Crippen LogP contribution in [0.25, 0.3) is 0 Å². The monoisotopic (exact) mass is 339 g/mol. The molecule has 0 bridgehead atoms. The first-order valence-electron chi connectivity index (χ1n) is 8.35. The number of nitrogens with one attached hydrogen (secondary N) is 1. The zero-order valence-electron chi connectivity index (χ0n) is 15.3. The smallest absolute Gasteiger partial charge is 0.338 e. The Kier molecular flexibility index (Phi) is 5.97. The van der Waals surface area contributed by atoms with Crippen molar-refractivity contribution in [1.29, 1.82) is 0 Å². The Morgan fingerprint density at radius 3 is 2.32 bits per heavy atom. The molecule has 0 atom stereocenters. The number of esters is 1. The number of carbonyl (C=O) groups excluding carboxylic acids is 2. The zero-order valence-corrected chi connectivity index (χ0v) is 15.3. The molecule has 25 heavy (non-hydrogen) atoms. The lowest BCUT2D eigenvalue weighted by Gasteiger charge is -2.18. The third-order valence-corrected chi connectivity index (χ3v) is 3.89. The molecule has 0 heterocycles. The van der Waals surface area contributed by atoms with Crippen molar-refractivity contribution in [2.24, 2.45) is 0 Å². The van der Waals surface area contributed by atoms with Crippen molar-refractivity contribution in [3.05, 3.63) is 70.8 Å². The van der Waals surface area contributed by atoms with E-state index in [4.69, 9.17) is 4.74 Å². The molecule has 1 N–H and O–H groups in total. The van der Waals surface area contributed by atoms with Crippen LogP contribution in [0.15, 0.2) is 48.5 Å². The zero-order chi connectivity index (χ0) is 18.4. The first kappa shape index (κ1) is 18.7. The largest absolute Gasteiger partial charge is 0.452 e. The Morgan fingerprint density at radius 1 is 1.04 bits per heavy atom. The minimum Gasteiger partial charge on any atom is -0.452 e. The molecule has 0 radical (unpaired) electrons. The predicted octanol–water partition coefficient (Wildman–Crippen LogP) is 3.77. The highest BCUT2D eigenvalue weighted by molar-refractivity contribution is 5.91. The van der Waals surface area contributed by atoms with Gasteiger partial charge in [-0.15, -0.1) is 0 Å². The molecule has 0 spiro atoms. The normalized spacial score (nSPS) is 11.0. The summed E-state index contributed by atoms with van der Waals surface area (Å²) in [5, 5.41) is 2.75. The highest BCUT2D eigenvalue weighted by Gasteiger charge is 2.15. The Labute approximate surface area is 149 Å². The molecule has 2 aromatic rings. The van der Waals surface area contributed by atoms with Gasteiger partial charge in [-0.05, 0) is 35.6 Å². The van der Waals surface area contributed by atoms with Crippen LogP contribution in [0.2, 0.25) is 0 Å². The molecule has 0 unspecified atom stereocenters. The average Bonchev–Trinajstić information content (AvgIpc) is 2.57. The first-order chi connectivity index (χ1) is 11.8. The van der Waals surface area contributed by atoms with Crippen molar-refractivity contribution in [3.63, 3.8) is 0 Å². The summed E-state index contributed by atoms with van der Waals surface area (Å²) in [4.78, 5) is 23.9. The summed E-state index contributed by atoms with van der Waals surface area (Å²) in [7, 11) is 0. The van der Waals surface area contributed by atoms with Gasteiger partial charge in [0, 0.05) is 6.54 Å². The third-order valence-electron chi connectivity index (χ3n) is 3.89. The number of benzene rings is 2. The maximum Gasteiger partial charge on any atom is 0.338 e. The molecule has 0 saturated carbocycles. The quantitative estimate of drug-likeness (QED) is 0.844. The number of hydrogen-bond donors (Lipinski definition) is 1. The van der Waals surface area contributed by atoms with Gasteiger partial charge in [-0.1, -0.05) is 62.7 Å². The van der Waals surface area contributed by atoms with Crippen molar-refractivity contribution in [2.45, 2.75) is 39.7 Å². The average molecular weight is 339 g/mol. The standard InChI is InChI=1S/C21H25NO3/c1-15-6-5-7-16(12-15)13-22-19(23)14-25-20(24)17-8-10-18(11-9-17)21(2,3)4/h5-12H,13-14H2,1-4H3,(H,22,23). The second kappa shape index (κ2) is 7.97. The van der Waals surface area contributed by atoms with E-state index in [1.54, 1.807) is 12.1 Å². The van der Waals surface area contributed by atoms with Gasteiger partial charge < -0.3 is 10.1 Å². The van der Waals surface area contributed by atoms with Crippen molar-refractivity contribution in [2.75, 3.05) is 6.61 Å². The van der Waals surface area contributed by atoms with Crippen molar-refractivity contribution < 1.29 is 14.3 Å². The fourth-order valence-electron chi connectivity index (χ4n) is 2.39. The van der Waals surface area contributed by atoms with Crippen LogP contribution in [0.3, 0.4) is 0 Å². The van der Waals surface area contributed by atoms with Crippen molar-refractivity contribution in [3.8, 4) is 0 Å². The van der Waals surface area contributed by atoms with Gasteiger partial charge in [-0.25, -0.2) is 4.79 Å². The minimum atomic E-state index is -0.494. The van der Waals surface area contributed by atoms with Crippen LogP contribution in [0, 0.1) is 6.92 Å². The van der Waals surface area contributed by atoms with Crippen LogP contribution >= 0.6 is 0 Å². The van der Waals surface area contributed by atoms with Gasteiger partial charge in [0.25, 0.3) is 5.91 Å². The summed E-state index contributed by atoms with van der Waals surface area (Å²) in [6, 6.07) is 15.2. The molecule has 0 fully saturated rings. The van der Waals surface area contributed by atoms with Gasteiger partial charge in [0.15, 0.2) is 6.61 Å². The SMILES string of the molecule is Cc1cccc(CNC(=O)COC(=O)c2ccc(C(C)(C)C)cc2)c1. The summed E-state index contributed by atoms with van der Waals surface area (Å²) < 4.78 is 5.08. The van der Waals surface area contributed by atoms with Gasteiger partial charge in [0.05, 0.1) is 5.56 Å². The minimum absolute atomic E-state index is 0.0259. The lowest BCUT2D eigenvalue weighted by Crippen LogP contribution is -2.28. The van der Waals surface area contributed by atoms with Crippen molar-refractivity contribution in [1.82, 2.24) is 5.32 Å². The summed E-state index contributed by atoms with van der Waals surface area (Å²) >= 11 is 0. The van der Waals surface area contributed by atoms with E-state index >= 15 is 0 Å². The number of amides is 1. The van der Waals surface area contributed by atoms with E-state index in [0.717, 1.165) is 16.7 Å². The van der Waals surface area contributed by atoms with Gasteiger partial charge in [-0.3, -0.25) is 4.79 Å². The van der Waals surface area contributed by atoms with Crippen LogP contribution in [-0.2, 0) is 21.5 Å². The molecule has 132 valence electrons. The predicted molar refractivity (Wildman–Crippen MR) is 98.5 cm³/mol. The highest BCUT2D eigenvalue weighted by Crippen LogP contribution is 2.22. The first-order valence-corrected chi connectivity index (χ1v) is 8.35. The molecular formula is C21H25NO3. The highest BCUT2D eigenvalue weighted by atomic mass is 16.5. The van der Waals surface area contributed by atoms with E-state index < -0.39 is 5.97 Å². The molecule has 4 nitrogen and oxygen atoms in total. The van der Waals surface area contributed by atoms with Crippen LogP contribution in [-0.4, -0.2) is 18.5 Å². The number of rotatable bonds is 5. The summed E-state index contributed by atoms with van der Waals surface area (Å²) in [6.45, 7) is 8.46. The molecule has 1 amide bonds. The summed E-state index contributed by atoms with van der Waals surface area (Å²) in [5.74, 6) is -0.813. The van der Waals surface area contributed by atoms with E-state index in [0.29, 0.717) is 12.1 Å². The maximum absolute atomic E-state index is 12.0. The fourth-order valence-corrected chi connectivity index (χ4v) is 2.39. The summed E-state index contributed by atoms with van der Waals surface area (Å²) in [5.41, 5.74) is 3.76. The van der Waals surface area contributed by atoms with Crippen LogP contribution in [0.4, 0.5) is 0 Å². The molecular weight excluding hydrogens is 314 g/mol. The van der Waals surface area contributed by atoms with Crippen LogP contribution in [0.1, 0.15) is 47.8 Å². The number of carbonyl (C=O) groups is 2. The van der Waals surface area contributed by atoms with E-state index in [1.165, 1.54) is 0 Å². The number of ether oxygens (including phenoxy) is 1. The second-order valence-corrected chi connectivity index (χ2v) is 7.17. The lowest BCUT2D eigenvalue weighted by molar-refractivity contribution is -0.124. The Bertz CT molecular complexity index is 742. The van der Waals surface area contributed by atoms with Crippen LogP contribution < -0.4 is 5.32 Å². The maximum atomic E-state index is 12.0. The second-order valence-electron chi connectivity index (χ2n) is 7.17. The molecule has 0 aliphatic carbocycles. The topological polar surface area (TPSA) is 55.4 Å². The molecule has 0 saturated heterocycles. The molecule has 4 heteroatoms. The van der Waals surface area contributed by atoms with E-state index in [9.17, 15) is 9.59 Å². The Morgan fingerprint density at radius 2 is 1.72 bits per heavy atom. The van der Waals surface area contributed by atoms with Crippen LogP contribution in [0.5, 0.6) is 0 Å². The Hall–Kier alpha value is -2.62.